The van der Waals surface area contributed by atoms with Gasteiger partial charge in [0.2, 0.25) is 5.91 Å². The predicted octanol–water partition coefficient (Wildman–Crippen LogP) is 2.22. The molecule has 8 heteroatoms. The van der Waals surface area contributed by atoms with Crippen LogP contribution < -0.4 is 5.32 Å². The van der Waals surface area contributed by atoms with Gasteiger partial charge in [-0.05, 0) is 24.0 Å². The van der Waals surface area contributed by atoms with E-state index in [9.17, 15) is 27.9 Å². The van der Waals surface area contributed by atoms with Crippen LogP contribution in [0.5, 0.6) is 0 Å². The summed E-state index contributed by atoms with van der Waals surface area (Å²) in [6.45, 7) is 3.57. The SMILES string of the molecule is CC(C)C[C@@H](O)C(=O)N[C@@H](Cc1cccc(C(F)(F)F)c1)C(=O)O. The summed E-state index contributed by atoms with van der Waals surface area (Å²) >= 11 is 0. The third kappa shape index (κ3) is 6.19. The lowest BCUT2D eigenvalue weighted by molar-refractivity contribution is -0.143. The smallest absolute Gasteiger partial charge is 0.416 e. The van der Waals surface area contributed by atoms with Gasteiger partial charge in [0.1, 0.15) is 12.1 Å². The van der Waals surface area contributed by atoms with Gasteiger partial charge in [-0.25, -0.2) is 4.79 Å². The first-order valence-corrected chi connectivity index (χ1v) is 7.38. The maximum Gasteiger partial charge on any atom is 0.416 e. The van der Waals surface area contributed by atoms with Crippen molar-refractivity contribution in [2.24, 2.45) is 5.92 Å². The number of benzene rings is 1. The molecule has 1 rings (SSSR count). The van der Waals surface area contributed by atoms with Gasteiger partial charge >= 0.3 is 12.1 Å². The van der Waals surface area contributed by atoms with Crippen molar-refractivity contribution in [2.75, 3.05) is 0 Å². The third-order valence-electron chi connectivity index (χ3n) is 3.31. The van der Waals surface area contributed by atoms with Crippen molar-refractivity contribution in [1.82, 2.24) is 5.32 Å². The van der Waals surface area contributed by atoms with Crippen LogP contribution in [0.2, 0.25) is 0 Å². The highest BCUT2D eigenvalue weighted by Crippen LogP contribution is 2.29. The van der Waals surface area contributed by atoms with Crippen molar-refractivity contribution in [2.45, 2.75) is 45.0 Å². The molecular weight excluding hydrogens is 327 g/mol. The van der Waals surface area contributed by atoms with Crippen LogP contribution in [0.3, 0.4) is 0 Å². The van der Waals surface area contributed by atoms with Crippen LogP contribution in [0.25, 0.3) is 0 Å². The van der Waals surface area contributed by atoms with Gasteiger partial charge in [-0.2, -0.15) is 13.2 Å². The molecule has 0 saturated carbocycles. The summed E-state index contributed by atoms with van der Waals surface area (Å²) in [7, 11) is 0. The Morgan fingerprint density at radius 3 is 2.38 bits per heavy atom. The van der Waals surface area contributed by atoms with Crippen molar-refractivity contribution < 1.29 is 33.0 Å². The molecule has 3 N–H and O–H groups in total. The molecule has 0 fully saturated rings. The number of alkyl halides is 3. The van der Waals surface area contributed by atoms with E-state index >= 15 is 0 Å². The van der Waals surface area contributed by atoms with Crippen LogP contribution in [0, 0.1) is 5.92 Å². The summed E-state index contributed by atoms with van der Waals surface area (Å²) in [5.74, 6) is -2.22. The normalized spacial score (nSPS) is 14.3. The monoisotopic (exact) mass is 347 g/mol. The zero-order chi connectivity index (χ0) is 18.5. The lowest BCUT2D eigenvalue weighted by Gasteiger charge is -2.19. The minimum absolute atomic E-state index is 0.0255. The molecule has 2 atom stereocenters. The second-order valence-corrected chi connectivity index (χ2v) is 5.95. The molecule has 24 heavy (non-hydrogen) atoms. The largest absolute Gasteiger partial charge is 0.480 e. The number of aliphatic hydroxyl groups excluding tert-OH is 1. The molecule has 0 saturated heterocycles. The van der Waals surface area contributed by atoms with Gasteiger partial charge in [-0.1, -0.05) is 32.0 Å². The van der Waals surface area contributed by atoms with E-state index < -0.39 is 35.8 Å². The van der Waals surface area contributed by atoms with Crippen molar-refractivity contribution in [3.63, 3.8) is 0 Å². The standard InChI is InChI=1S/C16H20F3NO4/c1-9(2)6-13(21)14(22)20-12(15(23)24)8-10-4-3-5-11(7-10)16(17,18)19/h3-5,7,9,12-13,21H,6,8H2,1-2H3,(H,20,22)(H,23,24)/t12-,13+/m0/s1. The molecular formula is C16H20F3NO4. The van der Waals surface area contributed by atoms with E-state index in [1.54, 1.807) is 13.8 Å². The number of aliphatic carboxylic acids is 1. The van der Waals surface area contributed by atoms with E-state index in [0.717, 1.165) is 12.1 Å². The third-order valence-corrected chi connectivity index (χ3v) is 3.31. The minimum Gasteiger partial charge on any atom is -0.480 e. The number of hydrogen-bond acceptors (Lipinski definition) is 3. The number of nitrogens with one attached hydrogen (secondary N) is 1. The first-order valence-electron chi connectivity index (χ1n) is 7.38. The van der Waals surface area contributed by atoms with Crippen LogP contribution in [-0.4, -0.2) is 34.2 Å². The van der Waals surface area contributed by atoms with Crippen molar-refractivity contribution in [3.05, 3.63) is 35.4 Å². The zero-order valence-electron chi connectivity index (χ0n) is 13.3. The highest BCUT2D eigenvalue weighted by atomic mass is 19.4. The summed E-state index contributed by atoms with van der Waals surface area (Å²) in [5, 5.41) is 21.0. The number of carboxylic acid groups (broad SMARTS) is 1. The highest BCUT2D eigenvalue weighted by molar-refractivity contribution is 5.86. The molecule has 0 spiro atoms. The van der Waals surface area contributed by atoms with Gasteiger partial charge < -0.3 is 15.5 Å². The predicted molar refractivity (Wildman–Crippen MR) is 80.2 cm³/mol. The van der Waals surface area contributed by atoms with Gasteiger partial charge in [0.15, 0.2) is 0 Å². The molecule has 0 aliphatic carbocycles. The van der Waals surface area contributed by atoms with E-state index in [1.165, 1.54) is 12.1 Å². The number of halogens is 3. The first kappa shape index (κ1) is 20.0. The molecule has 0 aliphatic rings. The van der Waals surface area contributed by atoms with Crippen LogP contribution >= 0.6 is 0 Å². The molecule has 0 bridgehead atoms. The molecule has 1 aromatic carbocycles. The Balaban J connectivity index is 2.84. The second-order valence-electron chi connectivity index (χ2n) is 5.95. The first-order chi connectivity index (χ1) is 11.0. The fourth-order valence-electron chi connectivity index (χ4n) is 2.13. The fourth-order valence-corrected chi connectivity index (χ4v) is 2.13. The molecule has 5 nitrogen and oxygen atoms in total. The van der Waals surface area contributed by atoms with E-state index in [4.69, 9.17) is 5.11 Å². The highest BCUT2D eigenvalue weighted by Gasteiger charge is 2.31. The number of carbonyl (C=O) groups is 2. The number of carboxylic acids is 1. The number of hydrogen-bond donors (Lipinski definition) is 3. The molecule has 1 amide bonds. The summed E-state index contributed by atoms with van der Waals surface area (Å²) < 4.78 is 38.0. The van der Waals surface area contributed by atoms with E-state index in [2.05, 4.69) is 5.32 Å². The molecule has 0 aromatic heterocycles. The van der Waals surface area contributed by atoms with Gasteiger partial charge in [-0.15, -0.1) is 0 Å². The lowest BCUT2D eigenvalue weighted by atomic mass is 10.0. The average Bonchev–Trinajstić information content (AvgIpc) is 2.45. The van der Waals surface area contributed by atoms with Crippen molar-refractivity contribution in [1.29, 1.82) is 0 Å². The van der Waals surface area contributed by atoms with Gasteiger partial charge in [0.25, 0.3) is 0 Å². The molecule has 134 valence electrons. The summed E-state index contributed by atoms with van der Waals surface area (Å²) in [6, 6.07) is 2.81. The number of amides is 1. The quantitative estimate of drug-likeness (QED) is 0.706. The van der Waals surface area contributed by atoms with Gasteiger partial charge in [-0.3, -0.25) is 4.79 Å². The maximum absolute atomic E-state index is 12.7. The zero-order valence-corrected chi connectivity index (χ0v) is 13.3. The summed E-state index contributed by atoms with van der Waals surface area (Å²) in [5.41, 5.74) is -0.772. The Hall–Kier alpha value is -2.09. The number of rotatable bonds is 7. The summed E-state index contributed by atoms with van der Waals surface area (Å²) in [6.07, 6.45) is -6.07. The average molecular weight is 347 g/mol. The van der Waals surface area contributed by atoms with E-state index in [0.29, 0.717) is 0 Å². The van der Waals surface area contributed by atoms with E-state index in [-0.39, 0.29) is 24.3 Å². The molecule has 0 aliphatic heterocycles. The van der Waals surface area contributed by atoms with E-state index in [1.807, 2.05) is 0 Å². The number of aliphatic hydroxyl groups is 1. The maximum atomic E-state index is 12.7. The molecule has 0 radical (unpaired) electrons. The fraction of sp³-hybridized carbons (Fsp3) is 0.500. The van der Waals surface area contributed by atoms with Crippen LogP contribution in [0.4, 0.5) is 13.2 Å². The van der Waals surface area contributed by atoms with Crippen LogP contribution in [-0.2, 0) is 22.2 Å². The van der Waals surface area contributed by atoms with Crippen molar-refractivity contribution in [3.8, 4) is 0 Å². The van der Waals surface area contributed by atoms with Gasteiger partial charge in [0, 0.05) is 6.42 Å². The lowest BCUT2D eigenvalue weighted by Crippen LogP contribution is -2.46. The Kier molecular flexibility index (Phi) is 6.77. The minimum atomic E-state index is -4.54. The Morgan fingerprint density at radius 2 is 1.88 bits per heavy atom. The summed E-state index contributed by atoms with van der Waals surface area (Å²) in [4.78, 5) is 23.1. The topological polar surface area (TPSA) is 86.6 Å². The molecule has 1 aromatic rings. The number of carbonyl (C=O) groups excluding carboxylic acids is 1. The van der Waals surface area contributed by atoms with Crippen LogP contribution in [0.1, 0.15) is 31.4 Å². The van der Waals surface area contributed by atoms with Crippen LogP contribution in [0.15, 0.2) is 24.3 Å². The van der Waals surface area contributed by atoms with Gasteiger partial charge in [0.05, 0.1) is 5.56 Å². The molecule has 0 unspecified atom stereocenters. The Bertz CT molecular complexity index is 587. The molecule has 0 heterocycles. The second kappa shape index (κ2) is 8.14. The van der Waals surface area contributed by atoms with Crippen molar-refractivity contribution >= 4 is 11.9 Å². The Morgan fingerprint density at radius 1 is 1.25 bits per heavy atom. The Labute approximate surface area is 137 Å².